The Morgan fingerprint density at radius 1 is 1.47 bits per heavy atom. The molecule has 0 aliphatic heterocycles. The average Bonchev–Trinajstić information content (AvgIpc) is 2.72. The SMILES string of the molecule is CN(C)CC(C)(O)CNCc1cn(CCCO)nn1. The van der Waals surface area contributed by atoms with Crippen molar-refractivity contribution in [2.45, 2.75) is 32.0 Å². The number of aliphatic hydroxyl groups excluding tert-OH is 1. The molecule has 0 radical (unpaired) electrons. The van der Waals surface area contributed by atoms with Crippen molar-refractivity contribution in [3.8, 4) is 0 Å². The topological polar surface area (TPSA) is 86.4 Å². The van der Waals surface area contributed by atoms with Crippen molar-refractivity contribution < 1.29 is 10.2 Å². The lowest BCUT2D eigenvalue weighted by atomic mass is 10.1. The summed E-state index contributed by atoms with van der Waals surface area (Å²) in [6.45, 7) is 4.29. The van der Waals surface area contributed by atoms with E-state index >= 15 is 0 Å². The van der Waals surface area contributed by atoms with Crippen LogP contribution in [0.1, 0.15) is 19.0 Å². The predicted octanol–water partition coefficient (Wildman–Crippen LogP) is -0.937. The van der Waals surface area contributed by atoms with Crippen molar-refractivity contribution in [1.82, 2.24) is 25.2 Å². The van der Waals surface area contributed by atoms with Crippen LogP contribution in [0.4, 0.5) is 0 Å². The van der Waals surface area contributed by atoms with Crippen LogP contribution in [0.2, 0.25) is 0 Å². The van der Waals surface area contributed by atoms with Gasteiger partial charge in [-0.25, -0.2) is 0 Å². The van der Waals surface area contributed by atoms with Crippen molar-refractivity contribution in [3.63, 3.8) is 0 Å². The summed E-state index contributed by atoms with van der Waals surface area (Å²) in [5.74, 6) is 0. The van der Waals surface area contributed by atoms with Gasteiger partial charge in [-0.1, -0.05) is 5.21 Å². The van der Waals surface area contributed by atoms with Crippen molar-refractivity contribution >= 4 is 0 Å². The summed E-state index contributed by atoms with van der Waals surface area (Å²) in [6, 6.07) is 0. The fourth-order valence-electron chi connectivity index (χ4n) is 1.96. The van der Waals surface area contributed by atoms with Gasteiger partial charge in [0.25, 0.3) is 0 Å². The smallest absolute Gasteiger partial charge is 0.0964 e. The molecule has 1 unspecified atom stereocenters. The van der Waals surface area contributed by atoms with Gasteiger partial charge in [0.15, 0.2) is 0 Å². The maximum atomic E-state index is 10.1. The van der Waals surface area contributed by atoms with Gasteiger partial charge < -0.3 is 20.4 Å². The van der Waals surface area contributed by atoms with Gasteiger partial charge in [0.1, 0.15) is 0 Å². The Morgan fingerprint density at radius 2 is 2.21 bits per heavy atom. The number of hydrogen-bond donors (Lipinski definition) is 3. The Morgan fingerprint density at radius 3 is 2.84 bits per heavy atom. The van der Waals surface area contributed by atoms with Crippen molar-refractivity contribution in [1.29, 1.82) is 0 Å². The summed E-state index contributed by atoms with van der Waals surface area (Å²) in [6.07, 6.45) is 2.52. The summed E-state index contributed by atoms with van der Waals surface area (Å²) < 4.78 is 1.71. The minimum atomic E-state index is -0.767. The van der Waals surface area contributed by atoms with Gasteiger partial charge in [0.2, 0.25) is 0 Å². The van der Waals surface area contributed by atoms with E-state index < -0.39 is 5.60 Å². The molecule has 3 N–H and O–H groups in total. The number of nitrogens with one attached hydrogen (secondary N) is 1. The van der Waals surface area contributed by atoms with Crippen LogP contribution in [0.25, 0.3) is 0 Å². The van der Waals surface area contributed by atoms with Gasteiger partial charge in [-0.15, -0.1) is 5.10 Å². The largest absolute Gasteiger partial charge is 0.396 e. The third-order valence-corrected chi connectivity index (χ3v) is 2.60. The predicted molar refractivity (Wildman–Crippen MR) is 72.6 cm³/mol. The van der Waals surface area contributed by atoms with Crippen molar-refractivity contribution in [3.05, 3.63) is 11.9 Å². The third kappa shape index (κ3) is 6.63. The second kappa shape index (κ2) is 7.54. The molecule has 0 aromatic carbocycles. The molecule has 110 valence electrons. The first-order valence-electron chi connectivity index (χ1n) is 6.50. The monoisotopic (exact) mass is 271 g/mol. The van der Waals surface area contributed by atoms with E-state index in [1.807, 2.05) is 25.2 Å². The molecule has 0 aliphatic carbocycles. The summed E-state index contributed by atoms with van der Waals surface area (Å²) in [7, 11) is 3.86. The van der Waals surface area contributed by atoms with Crippen LogP contribution in [0.3, 0.4) is 0 Å². The highest BCUT2D eigenvalue weighted by Gasteiger charge is 2.20. The Balaban J connectivity index is 2.30. The summed E-state index contributed by atoms with van der Waals surface area (Å²) in [4.78, 5) is 1.95. The molecule has 0 saturated heterocycles. The van der Waals surface area contributed by atoms with Gasteiger partial charge >= 0.3 is 0 Å². The molecule has 0 amide bonds. The van der Waals surface area contributed by atoms with Crippen LogP contribution in [0, 0.1) is 0 Å². The number of nitrogens with zero attached hydrogens (tertiary/aromatic N) is 4. The highest BCUT2D eigenvalue weighted by molar-refractivity contribution is 4.92. The lowest BCUT2D eigenvalue weighted by molar-refractivity contribution is 0.0335. The van der Waals surface area contributed by atoms with E-state index in [9.17, 15) is 5.11 Å². The standard InChI is InChI=1S/C12H25N5O2/c1-12(19,10-16(2)3)9-13-7-11-8-17(15-14-11)5-4-6-18/h8,13,18-19H,4-7,9-10H2,1-3H3. The first-order valence-corrected chi connectivity index (χ1v) is 6.50. The first kappa shape index (κ1) is 16.0. The molecule has 0 saturated carbocycles. The number of hydrogen-bond acceptors (Lipinski definition) is 6. The first-order chi connectivity index (χ1) is 8.93. The summed E-state index contributed by atoms with van der Waals surface area (Å²) in [5, 5.41) is 30.0. The second-order valence-corrected chi connectivity index (χ2v) is 5.39. The minimum absolute atomic E-state index is 0.154. The van der Waals surface area contributed by atoms with Crippen LogP contribution >= 0.6 is 0 Å². The number of aliphatic hydroxyl groups is 2. The van der Waals surface area contributed by atoms with Crippen molar-refractivity contribution in [2.75, 3.05) is 33.8 Å². The lowest BCUT2D eigenvalue weighted by Crippen LogP contribution is -2.45. The van der Waals surface area contributed by atoms with Gasteiger partial charge in [-0.3, -0.25) is 4.68 Å². The van der Waals surface area contributed by atoms with Crippen molar-refractivity contribution in [2.24, 2.45) is 0 Å². The van der Waals surface area contributed by atoms with Crippen LogP contribution < -0.4 is 5.32 Å². The van der Waals surface area contributed by atoms with Crippen LogP contribution in [-0.2, 0) is 13.1 Å². The van der Waals surface area contributed by atoms with E-state index in [0.29, 0.717) is 32.6 Å². The minimum Gasteiger partial charge on any atom is -0.396 e. The quantitative estimate of drug-likeness (QED) is 0.537. The molecule has 1 atom stereocenters. The van der Waals surface area contributed by atoms with Crippen LogP contribution in [-0.4, -0.2) is 69.5 Å². The number of aryl methyl sites for hydroxylation is 1. The van der Waals surface area contributed by atoms with E-state index in [4.69, 9.17) is 5.11 Å². The molecule has 0 fully saturated rings. The van der Waals surface area contributed by atoms with Gasteiger partial charge in [0.05, 0.1) is 11.3 Å². The zero-order valence-electron chi connectivity index (χ0n) is 12.0. The van der Waals surface area contributed by atoms with Gasteiger partial charge in [-0.2, -0.15) is 0 Å². The fraction of sp³-hybridized carbons (Fsp3) is 0.833. The fourth-order valence-corrected chi connectivity index (χ4v) is 1.96. The molecule has 1 heterocycles. The molecule has 7 nitrogen and oxygen atoms in total. The molecule has 0 spiro atoms. The zero-order valence-corrected chi connectivity index (χ0v) is 12.0. The maximum Gasteiger partial charge on any atom is 0.0964 e. The summed E-state index contributed by atoms with van der Waals surface area (Å²) >= 11 is 0. The Labute approximate surface area is 114 Å². The third-order valence-electron chi connectivity index (χ3n) is 2.60. The number of rotatable bonds is 9. The second-order valence-electron chi connectivity index (χ2n) is 5.39. The molecule has 1 aromatic rings. The molecular formula is C12H25N5O2. The van der Waals surface area contributed by atoms with E-state index in [-0.39, 0.29) is 6.61 Å². The van der Waals surface area contributed by atoms with Gasteiger partial charge in [-0.05, 0) is 27.4 Å². The van der Waals surface area contributed by atoms with E-state index in [1.165, 1.54) is 0 Å². The Bertz CT molecular complexity index is 365. The highest BCUT2D eigenvalue weighted by Crippen LogP contribution is 2.03. The lowest BCUT2D eigenvalue weighted by Gasteiger charge is -2.27. The van der Waals surface area contributed by atoms with E-state index in [1.54, 1.807) is 11.6 Å². The molecular weight excluding hydrogens is 246 g/mol. The average molecular weight is 271 g/mol. The zero-order chi connectivity index (χ0) is 14.3. The van der Waals surface area contributed by atoms with Gasteiger partial charge in [0, 0.05) is 39.0 Å². The van der Waals surface area contributed by atoms with Crippen LogP contribution in [0.15, 0.2) is 6.20 Å². The van der Waals surface area contributed by atoms with Crippen LogP contribution in [0.5, 0.6) is 0 Å². The molecule has 1 aromatic heterocycles. The van der Waals surface area contributed by atoms with E-state index in [2.05, 4.69) is 15.6 Å². The highest BCUT2D eigenvalue weighted by atomic mass is 16.3. The molecule has 0 aliphatic rings. The Hall–Kier alpha value is -1.02. The van der Waals surface area contributed by atoms with E-state index in [0.717, 1.165) is 5.69 Å². The molecule has 0 bridgehead atoms. The summed E-state index contributed by atoms with van der Waals surface area (Å²) in [5.41, 5.74) is 0.0646. The normalized spacial score (nSPS) is 14.8. The Kier molecular flexibility index (Phi) is 6.36. The molecule has 19 heavy (non-hydrogen) atoms. The number of likely N-dealkylation sites (N-methyl/N-ethyl adjacent to an activating group) is 1. The number of aromatic nitrogens is 3. The maximum absolute atomic E-state index is 10.1. The molecule has 7 heteroatoms. The molecule has 1 rings (SSSR count).